The minimum atomic E-state index is -0.258. The molecule has 2 fully saturated rings. The summed E-state index contributed by atoms with van der Waals surface area (Å²) in [4.78, 5) is 28.2. The molecular formula is C21H30N2O4. The molecule has 1 atom stereocenters. The quantitative estimate of drug-likeness (QED) is 0.742. The third kappa shape index (κ3) is 4.80. The molecule has 27 heavy (non-hydrogen) atoms. The van der Waals surface area contributed by atoms with Gasteiger partial charge in [-0.2, -0.15) is 0 Å². The van der Waals surface area contributed by atoms with Crippen LogP contribution in [0.2, 0.25) is 0 Å². The molecule has 2 aliphatic rings. The van der Waals surface area contributed by atoms with E-state index in [1.807, 2.05) is 36.1 Å². The highest BCUT2D eigenvalue weighted by Gasteiger charge is 2.32. The molecule has 1 aromatic rings. The second-order valence-electron chi connectivity index (χ2n) is 7.42. The molecule has 1 amide bonds. The maximum Gasteiger partial charge on any atom is 0.409 e. The number of nitrogens with zero attached hydrogens (tertiary/aromatic N) is 2. The number of hydrogen-bond donors (Lipinski definition) is 0. The van der Waals surface area contributed by atoms with Crippen molar-refractivity contribution in [2.24, 2.45) is 5.92 Å². The Morgan fingerprint density at radius 3 is 2.56 bits per heavy atom. The van der Waals surface area contributed by atoms with Crippen molar-refractivity contribution >= 4 is 12.1 Å². The van der Waals surface area contributed by atoms with Crippen molar-refractivity contribution in [1.82, 2.24) is 9.80 Å². The van der Waals surface area contributed by atoms with E-state index < -0.39 is 0 Å². The SMILES string of the molecule is CCOC(=O)N1CCC(N2CCC(Cc3ccccc3C(=O)OC)C2)CC1. The second kappa shape index (κ2) is 9.22. The Morgan fingerprint density at radius 2 is 1.85 bits per heavy atom. The molecule has 0 spiro atoms. The van der Waals surface area contributed by atoms with Crippen molar-refractivity contribution < 1.29 is 19.1 Å². The Kier molecular flexibility index (Phi) is 6.72. The van der Waals surface area contributed by atoms with Crippen LogP contribution in [0.3, 0.4) is 0 Å². The lowest BCUT2D eigenvalue weighted by Crippen LogP contribution is -2.46. The molecule has 1 aromatic carbocycles. The molecule has 0 bridgehead atoms. The van der Waals surface area contributed by atoms with E-state index in [4.69, 9.17) is 9.47 Å². The van der Waals surface area contributed by atoms with Crippen molar-refractivity contribution in [3.8, 4) is 0 Å². The Balaban J connectivity index is 1.52. The van der Waals surface area contributed by atoms with Crippen LogP contribution in [-0.4, -0.2) is 67.8 Å². The van der Waals surface area contributed by atoms with Gasteiger partial charge in [-0.15, -0.1) is 0 Å². The zero-order valence-corrected chi connectivity index (χ0v) is 16.4. The van der Waals surface area contributed by atoms with Crippen LogP contribution in [0.4, 0.5) is 4.79 Å². The van der Waals surface area contributed by atoms with Crippen LogP contribution < -0.4 is 0 Å². The van der Waals surface area contributed by atoms with Crippen LogP contribution >= 0.6 is 0 Å². The third-order valence-corrected chi connectivity index (χ3v) is 5.76. The summed E-state index contributed by atoms with van der Waals surface area (Å²) < 4.78 is 10.0. The van der Waals surface area contributed by atoms with Crippen molar-refractivity contribution in [2.75, 3.05) is 39.9 Å². The maximum atomic E-state index is 12.0. The topological polar surface area (TPSA) is 59.1 Å². The van der Waals surface area contributed by atoms with Gasteiger partial charge < -0.3 is 14.4 Å². The number of ether oxygens (including phenoxy) is 2. The first kappa shape index (κ1) is 19.7. The predicted octanol–water partition coefficient (Wildman–Crippen LogP) is 2.96. The summed E-state index contributed by atoms with van der Waals surface area (Å²) >= 11 is 0. The van der Waals surface area contributed by atoms with Crippen molar-refractivity contribution in [3.05, 3.63) is 35.4 Å². The molecule has 0 saturated carbocycles. The number of carbonyl (C=O) groups is 2. The highest BCUT2D eigenvalue weighted by molar-refractivity contribution is 5.90. The average Bonchev–Trinajstić information content (AvgIpc) is 3.16. The smallest absolute Gasteiger partial charge is 0.409 e. The van der Waals surface area contributed by atoms with Gasteiger partial charge in [-0.1, -0.05) is 18.2 Å². The summed E-state index contributed by atoms with van der Waals surface area (Å²) in [5.74, 6) is 0.297. The number of amides is 1. The molecule has 3 rings (SSSR count). The van der Waals surface area contributed by atoms with Crippen molar-refractivity contribution in [2.45, 2.75) is 38.6 Å². The number of likely N-dealkylation sites (tertiary alicyclic amines) is 2. The zero-order valence-electron chi connectivity index (χ0n) is 16.4. The molecule has 148 valence electrons. The fourth-order valence-corrected chi connectivity index (χ4v) is 4.31. The fraction of sp³-hybridized carbons (Fsp3) is 0.619. The number of esters is 1. The van der Waals surface area contributed by atoms with Gasteiger partial charge in [-0.25, -0.2) is 9.59 Å². The number of hydrogen-bond acceptors (Lipinski definition) is 5. The zero-order chi connectivity index (χ0) is 19.2. The molecule has 0 aliphatic carbocycles. The molecular weight excluding hydrogens is 344 g/mol. The number of methoxy groups -OCH3 is 1. The van der Waals surface area contributed by atoms with Crippen LogP contribution in [0.5, 0.6) is 0 Å². The summed E-state index contributed by atoms with van der Waals surface area (Å²) in [6.45, 7) is 5.97. The van der Waals surface area contributed by atoms with Crippen LogP contribution in [0.1, 0.15) is 42.1 Å². The Morgan fingerprint density at radius 1 is 1.11 bits per heavy atom. The normalized spacial score (nSPS) is 21.3. The van der Waals surface area contributed by atoms with E-state index in [0.29, 0.717) is 24.1 Å². The molecule has 1 unspecified atom stereocenters. The van der Waals surface area contributed by atoms with Crippen molar-refractivity contribution in [1.29, 1.82) is 0 Å². The van der Waals surface area contributed by atoms with Gasteiger partial charge in [0.2, 0.25) is 0 Å². The fourth-order valence-electron chi connectivity index (χ4n) is 4.31. The van der Waals surface area contributed by atoms with E-state index in [1.54, 1.807) is 0 Å². The maximum absolute atomic E-state index is 12.0. The first-order chi connectivity index (χ1) is 13.1. The lowest BCUT2D eigenvalue weighted by molar-refractivity contribution is 0.0598. The molecule has 2 heterocycles. The van der Waals surface area contributed by atoms with Gasteiger partial charge in [-0.05, 0) is 56.7 Å². The van der Waals surface area contributed by atoms with Crippen molar-refractivity contribution in [3.63, 3.8) is 0 Å². The summed E-state index contributed by atoms with van der Waals surface area (Å²) in [5.41, 5.74) is 1.76. The first-order valence-electron chi connectivity index (χ1n) is 9.94. The minimum absolute atomic E-state index is 0.185. The molecule has 6 nitrogen and oxygen atoms in total. The van der Waals surface area contributed by atoms with Gasteiger partial charge in [0.05, 0.1) is 19.3 Å². The van der Waals surface area contributed by atoms with Gasteiger partial charge in [0.1, 0.15) is 0 Å². The van der Waals surface area contributed by atoms with Gasteiger partial charge in [0.15, 0.2) is 0 Å². The largest absolute Gasteiger partial charge is 0.465 e. The number of rotatable bonds is 5. The molecule has 6 heteroatoms. The van der Waals surface area contributed by atoms with Crippen LogP contribution in [0.25, 0.3) is 0 Å². The Hall–Kier alpha value is -2.08. The van der Waals surface area contributed by atoms with E-state index >= 15 is 0 Å². The number of benzene rings is 1. The molecule has 2 aliphatic heterocycles. The first-order valence-corrected chi connectivity index (χ1v) is 9.94. The standard InChI is InChI=1S/C21H30N2O4/c1-3-27-21(25)22-12-9-18(10-13-22)23-11-8-16(15-23)14-17-6-4-5-7-19(17)20(24)26-2/h4-7,16,18H,3,8-15H2,1-2H3. The van der Waals surface area contributed by atoms with Gasteiger partial charge >= 0.3 is 12.1 Å². The van der Waals surface area contributed by atoms with Crippen LogP contribution in [0.15, 0.2) is 24.3 Å². The van der Waals surface area contributed by atoms with E-state index in [-0.39, 0.29) is 12.1 Å². The van der Waals surface area contributed by atoms with Crippen LogP contribution in [0, 0.1) is 5.92 Å². The van der Waals surface area contributed by atoms with Gasteiger partial charge in [0.25, 0.3) is 0 Å². The van der Waals surface area contributed by atoms with Gasteiger partial charge in [0, 0.05) is 25.7 Å². The van der Waals surface area contributed by atoms with E-state index in [0.717, 1.165) is 57.4 Å². The second-order valence-corrected chi connectivity index (χ2v) is 7.42. The molecule has 0 radical (unpaired) electrons. The summed E-state index contributed by atoms with van der Waals surface area (Å²) in [6, 6.07) is 8.29. The predicted molar refractivity (Wildman–Crippen MR) is 103 cm³/mol. The van der Waals surface area contributed by atoms with E-state index in [9.17, 15) is 9.59 Å². The van der Waals surface area contributed by atoms with E-state index in [1.165, 1.54) is 7.11 Å². The Labute approximate surface area is 161 Å². The van der Waals surface area contributed by atoms with Gasteiger partial charge in [-0.3, -0.25) is 4.90 Å². The minimum Gasteiger partial charge on any atom is -0.465 e. The van der Waals surface area contributed by atoms with Crippen LogP contribution in [-0.2, 0) is 15.9 Å². The average molecular weight is 374 g/mol. The molecule has 2 saturated heterocycles. The summed E-state index contributed by atoms with van der Waals surface area (Å²) in [7, 11) is 1.43. The molecule has 0 aromatic heterocycles. The lowest BCUT2D eigenvalue weighted by Gasteiger charge is -2.36. The van der Waals surface area contributed by atoms with E-state index in [2.05, 4.69) is 4.90 Å². The summed E-state index contributed by atoms with van der Waals surface area (Å²) in [6.07, 6.45) is 3.88. The highest BCUT2D eigenvalue weighted by Crippen LogP contribution is 2.27. The summed E-state index contributed by atoms with van der Waals surface area (Å²) in [5, 5.41) is 0. The molecule has 0 N–H and O–H groups in total. The Bertz CT molecular complexity index is 655. The highest BCUT2D eigenvalue weighted by atomic mass is 16.6. The number of piperidine rings is 1. The lowest BCUT2D eigenvalue weighted by atomic mass is 9.95. The monoisotopic (exact) mass is 374 g/mol. The third-order valence-electron chi connectivity index (χ3n) is 5.76. The number of carbonyl (C=O) groups excluding carboxylic acids is 2.